The van der Waals surface area contributed by atoms with Crippen LogP contribution in [0.15, 0.2) is 24.3 Å². The Morgan fingerprint density at radius 2 is 1.69 bits per heavy atom. The summed E-state index contributed by atoms with van der Waals surface area (Å²) in [5.41, 5.74) is 3.97. The van der Waals surface area contributed by atoms with Gasteiger partial charge in [0.1, 0.15) is 7.05 Å². The number of nitrogens with zero attached hydrogens (tertiary/aromatic N) is 1. The molecule has 13 heavy (non-hydrogen) atoms. The predicted molar refractivity (Wildman–Crippen MR) is 58.0 cm³/mol. The summed E-state index contributed by atoms with van der Waals surface area (Å²) in [5, 5.41) is 0. The molecule has 0 aliphatic rings. The largest absolute Gasteiger partial charge is 0.204 e. The van der Waals surface area contributed by atoms with Gasteiger partial charge in [-0.05, 0) is 12.0 Å². The molecule has 1 aromatic carbocycles. The van der Waals surface area contributed by atoms with Crippen LogP contribution in [0.2, 0.25) is 0 Å². The molecule has 70 valence electrons. The molecule has 0 unspecified atom stereocenters. The van der Waals surface area contributed by atoms with Gasteiger partial charge in [-0.3, -0.25) is 0 Å². The second-order valence-corrected chi connectivity index (χ2v) is 3.53. The fourth-order valence-corrected chi connectivity index (χ4v) is 1.21. The van der Waals surface area contributed by atoms with Crippen molar-refractivity contribution in [1.29, 1.82) is 0 Å². The van der Waals surface area contributed by atoms with Crippen LogP contribution in [-0.2, 0) is 6.42 Å². The molecule has 0 amide bonds. The molecule has 0 saturated carbocycles. The van der Waals surface area contributed by atoms with Crippen molar-refractivity contribution in [3.05, 3.63) is 29.8 Å². The quantitative estimate of drug-likeness (QED) is 0.481. The third kappa shape index (κ3) is 2.41. The van der Waals surface area contributed by atoms with Gasteiger partial charge in [0.2, 0.25) is 5.69 Å². The molecular weight excluding hydrogens is 158 g/mol. The SMILES string of the molecule is CCc1ccc([N+](C)=C(C)C)cc1. The Hall–Kier alpha value is -1.11. The Bertz CT molecular complexity index is 302. The number of hydrogen-bond acceptors (Lipinski definition) is 0. The summed E-state index contributed by atoms with van der Waals surface area (Å²) in [5.74, 6) is 0. The predicted octanol–water partition coefficient (Wildman–Crippen LogP) is 3.00. The van der Waals surface area contributed by atoms with E-state index >= 15 is 0 Å². The summed E-state index contributed by atoms with van der Waals surface area (Å²) in [6.07, 6.45) is 1.11. The monoisotopic (exact) mass is 176 g/mol. The third-order valence-corrected chi connectivity index (χ3v) is 2.40. The number of aryl methyl sites for hydroxylation is 1. The van der Waals surface area contributed by atoms with Crippen LogP contribution in [0, 0.1) is 0 Å². The van der Waals surface area contributed by atoms with Crippen molar-refractivity contribution in [1.82, 2.24) is 0 Å². The van der Waals surface area contributed by atoms with E-state index in [4.69, 9.17) is 0 Å². The lowest BCUT2D eigenvalue weighted by molar-refractivity contribution is -0.406. The van der Waals surface area contributed by atoms with Crippen LogP contribution in [0.5, 0.6) is 0 Å². The Labute approximate surface area is 80.7 Å². The third-order valence-electron chi connectivity index (χ3n) is 2.40. The molecule has 0 saturated heterocycles. The average molecular weight is 176 g/mol. The minimum atomic E-state index is 1.11. The normalized spacial score (nSPS) is 9.85. The molecule has 0 radical (unpaired) electrons. The zero-order valence-electron chi connectivity index (χ0n) is 8.96. The molecule has 1 rings (SSSR count). The first-order valence-electron chi connectivity index (χ1n) is 4.78. The highest BCUT2D eigenvalue weighted by molar-refractivity contribution is 5.75. The van der Waals surface area contributed by atoms with Crippen LogP contribution in [0.4, 0.5) is 5.69 Å². The van der Waals surface area contributed by atoms with E-state index in [9.17, 15) is 0 Å². The maximum Gasteiger partial charge on any atom is 0.204 e. The van der Waals surface area contributed by atoms with E-state index in [1.54, 1.807) is 0 Å². The smallest absolute Gasteiger partial charge is 0.203 e. The van der Waals surface area contributed by atoms with Gasteiger partial charge >= 0.3 is 0 Å². The van der Waals surface area contributed by atoms with Gasteiger partial charge in [0.25, 0.3) is 0 Å². The van der Waals surface area contributed by atoms with E-state index in [1.807, 2.05) is 0 Å². The summed E-state index contributed by atoms with van der Waals surface area (Å²) >= 11 is 0. The van der Waals surface area contributed by atoms with Crippen LogP contribution in [0.3, 0.4) is 0 Å². The molecule has 1 aromatic rings. The topological polar surface area (TPSA) is 3.01 Å². The Balaban J connectivity index is 2.99. The minimum absolute atomic E-state index is 1.11. The van der Waals surface area contributed by atoms with Crippen LogP contribution >= 0.6 is 0 Å². The van der Waals surface area contributed by atoms with Gasteiger partial charge in [-0.15, -0.1) is 0 Å². The molecule has 0 fully saturated rings. The highest BCUT2D eigenvalue weighted by atomic mass is 15.0. The molecule has 1 heteroatoms. The standard InChI is InChI=1S/C12H18N/c1-5-11-6-8-12(9-7-11)13(4)10(2)3/h6-9H,5H2,1-4H3/q+1. The molecule has 0 aliphatic carbocycles. The second kappa shape index (κ2) is 4.22. The van der Waals surface area contributed by atoms with Gasteiger partial charge in [0.05, 0.1) is 0 Å². The zero-order valence-corrected chi connectivity index (χ0v) is 8.96. The lowest BCUT2D eigenvalue weighted by Gasteiger charge is -1.99. The number of hydrogen-bond donors (Lipinski definition) is 0. The van der Waals surface area contributed by atoms with Crippen LogP contribution in [0.25, 0.3) is 0 Å². The molecule has 1 nitrogen and oxygen atoms in total. The zero-order chi connectivity index (χ0) is 9.84. The molecule has 0 atom stereocenters. The van der Waals surface area contributed by atoms with Crippen molar-refractivity contribution in [2.45, 2.75) is 27.2 Å². The summed E-state index contributed by atoms with van der Waals surface area (Å²) < 4.78 is 2.19. The first kappa shape index (κ1) is 9.97. The maximum atomic E-state index is 2.19. The second-order valence-electron chi connectivity index (χ2n) is 3.53. The van der Waals surface area contributed by atoms with E-state index in [0.29, 0.717) is 0 Å². The lowest BCUT2D eigenvalue weighted by atomic mass is 10.1. The van der Waals surface area contributed by atoms with Gasteiger partial charge < -0.3 is 0 Å². The van der Waals surface area contributed by atoms with Crippen molar-refractivity contribution in [2.24, 2.45) is 0 Å². The summed E-state index contributed by atoms with van der Waals surface area (Å²) in [6, 6.07) is 8.72. The van der Waals surface area contributed by atoms with Gasteiger partial charge in [0, 0.05) is 26.0 Å². The minimum Gasteiger partial charge on any atom is -0.203 e. The molecular formula is C12H18N+. The van der Waals surface area contributed by atoms with Crippen molar-refractivity contribution in [3.8, 4) is 0 Å². The number of rotatable bonds is 2. The van der Waals surface area contributed by atoms with E-state index < -0.39 is 0 Å². The van der Waals surface area contributed by atoms with E-state index in [0.717, 1.165) is 6.42 Å². The van der Waals surface area contributed by atoms with Gasteiger partial charge in [0.15, 0.2) is 5.71 Å². The lowest BCUT2D eigenvalue weighted by Crippen LogP contribution is -2.05. The van der Waals surface area contributed by atoms with E-state index in [2.05, 4.69) is 56.7 Å². The fraction of sp³-hybridized carbons (Fsp3) is 0.417. The number of benzene rings is 1. The summed E-state index contributed by atoms with van der Waals surface area (Å²) in [4.78, 5) is 0. The Morgan fingerprint density at radius 3 is 2.08 bits per heavy atom. The van der Waals surface area contributed by atoms with Crippen LogP contribution in [-0.4, -0.2) is 17.3 Å². The van der Waals surface area contributed by atoms with Crippen molar-refractivity contribution in [3.63, 3.8) is 0 Å². The maximum absolute atomic E-state index is 2.19. The average Bonchev–Trinajstić information content (AvgIpc) is 2.17. The first-order chi connectivity index (χ1) is 6.15. The van der Waals surface area contributed by atoms with E-state index in [1.165, 1.54) is 17.0 Å². The van der Waals surface area contributed by atoms with Crippen molar-refractivity contribution >= 4 is 11.4 Å². The van der Waals surface area contributed by atoms with Crippen LogP contribution in [0.1, 0.15) is 26.3 Å². The summed E-state index contributed by atoms with van der Waals surface area (Å²) in [7, 11) is 2.09. The van der Waals surface area contributed by atoms with E-state index in [-0.39, 0.29) is 0 Å². The van der Waals surface area contributed by atoms with Crippen LogP contribution < -0.4 is 0 Å². The first-order valence-corrected chi connectivity index (χ1v) is 4.78. The molecule has 0 heterocycles. The fourth-order valence-electron chi connectivity index (χ4n) is 1.21. The Morgan fingerprint density at radius 1 is 1.15 bits per heavy atom. The summed E-state index contributed by atoms with van der Waals surface area (Å²) in [6.45, 7) is 6.41. The van der Waals surface area contributed by atoms with Crippen molar-refractivity contribution < 1.29 is 4.58 Å². The van der Waals surface area contributed by atoms with Gasteiger partial charge in [-0.25, -0.2) is 4.58 Å². The molecule has 0 aromatic heterocycles. The van der Waals surface area contributed by atoms with Gasteiger partial charge in [-0.2, -0.15) is 0 Å². The molecule has 0 N–H and O–H groups in total. The van der Waals surface area contributed by atoms with Crippen molar-refractivity contribution in [2.75, 3.05) is 7.05 Å². The van der Waals surface area contributed by atoms with Gasteiger partial charge in [-0.1, -0.05) is 19.1 Å². The highest BCUT2D eigenvalue weighted by Gasteiger charge is 2.03. The Kier molecular flexibility index (Phi) is 3.24. The molecule has 0 spiro atoms. The highest BCUT2D eigenvalue weighted by Crippen LogP contribution is 2.12. The molecule has 0 bridgehead atoms. The molecule has 0 aliphatic heterocycles.